The Morgan fingerprint density at radius 3 is 2.57 bits per heavy atom. The number of amides is 1. The predicted molar refractivity (Wildman–Crippen MR) is 110 cm³/mol. The molecule has 0 fully saturated rings. The van der Waals surface area contributed by atoms with Crippen LogP contribution in [0.4, 0.5) is 0 Å². The van der Waals surface area contributed by atoms with E-state index in [-0.39, 0.29) is 29.0 Å². The zero-order valence-corrected chi connectivity index (χ0v) is 16.2. The molecule has 2 N–H and O–H groups in total. The lowest BCUT2D eigenvalue weighted by Gasteiger charge is -2.17. The molecular formula is C22H20N2O3S. The molecule has 0 saturated carbocycles. The molecule has 5 nitrogen and oxygen atoms in total. The summed E-state index contributed by atoms with van der Waals surface area (Å²) in [4.78, 5) is 12.7. The summed E-state index contributed by atoms with van der Waals surface area (Å²) in [6.07, 6.45) is 5.10. The summed E-state index contributed by atoms with van der Waals surface area (Å²) in [7, 11) is -3.76. The van der Waals surface area contributed by atoms with Crippen LogP contribution in [0.2, 0.25) is 0 Å². The zero-order chi connectivity index (χ0) is 20.1. The fourth-order valence-electron chi connectivity index (χ4n) is 3.01. The third-order valence-corrected chi connectivity index (χ3v) is 5.81. The van der Waals surface area contributed by atoms with Crippen LogP contribution in [0, 0.1) is 12.3 Å². The SMILES string of the molecule is C#CCNS(=O)(=O)c1cccc(C(=O)NC(C)c2cccc3ccccc23)c1. The van der Waals surface area contributed by atoms with Crippen molar-refractivity contribution in [2.45, 2.75) is 17.9 Å². The lowest BCUT2D eigenvalue weighted by Crippen LogP contribution is -2.28. The van der Waals surface area contributed by atoms with Crippen molar-refractivity contribution >= 4 is 26.7 Å². The summed E-state index contributed by atoms with van der Waals surface area (Å²) in [5.41, 5.74) is 1.25. The van der Waals surface area contributed by atoms with Gasteiger partial charge in [-0.05, 0) is 41.5 Å². The minimum Gasteiger partial charge on any atom is -0.345 e. The van der Waals surface area contributed by atoms with Gasteiger partial charge in [-0.2, -0.15) is 4.72 Å². The first-order chi connectivity index (χ1) is 13.4. The molecule has 0 aliphatic carbocycles. The maximum atomic E-state index is 12.7. The lowest BCUT2D eigenvalue weighted by molar-refractivity contribution is 0.0940. The van der Waals surface area contributed by atoms with Crippen molar-refractivity contribution in [1.29, 1.82) is 0 Å². The molecule has 3 rings (SSSR count). The summed E-state index contributed by atoms with van der Waals surface area (Å²) in [6, 6.07) is 19.5. The first kappa shape index (κ1) is 19.6. The number of terminal acetylenes is 1. The number of carbonyl (C=O) groups is 1. The molecule has 1 unspecified atom stereocenters. The Bertz CT molecular complexity index is 1160. The van der Waals surface area contributed by atoms with Crippen LogP contribution in [-0.4, -0.2) is 20.9 Å². The van der Waals surface area contributed by atoms with E-state index in [9.17, 15) is 13.2 Å². The van der Waals surface area contributed by atoms with Gasteiger partial charge in [0.05, 0.1) is 17.5 Å². The van der Waals surface area contributed by atoms with Gasteiger partial charge in [0.25, 0.3) is 5.91 Å². The van der Waals surface area contributed by atoms with Gasteiger partial charge in [0.2, 0.25) is 10.0 Å². The summed E-state index contributed by atoms with van der Waals surface area (Å²) < 4.78 is 26.7. The molecule has 3 aromatic rings. The molecular weight excluding hydrogens is 372 g/mol. The van der Waals surface area contributed by atoms with Crippen molar-refractivity contribution in [2.24, 2.45) is 0 Å². The van der Waals surface area contributed by atoms with Crippen molar-refractivity contribution in [1.82, 2.24) is 10.0 Å². The minimum atomic E-state index is -3.76. The van der Waals surface area contributed by atoms with E-state index in [4.69, 9.17) is 6.42 Å². The Morgan fingerprint density at radius 2 is 1.79 bits per heavy atom. The highest BCUT2D eigenvalue weighted by Crippen LogP contribution is 2.24. The molecule has 0 saturated heterocycles. The van der Waals surface area contributed by atoms with Gasteiger partial charge in [0.1, 0.15) is 0 Å². The van der Waals surface area contributed by atoms with Gasteiger partial charge < -0.3 is 5.32 Å². The first-order valence-electron chi connectivity index (χ1n) is 8.74. The van der Waals surface area contributed by atoms with Gasteiger partial charge >= 0.3 is 0 Å². The molecule has 0 aliphatic rings. The number of rotatable bonds is 6. The first-order valence-corrected chi connectivity index (χ1v) is 10.2. The fraction of sp³-hybridized carbons (Fsp3) is 0.136. The Morgan fingerprint density at radius 1 is 1.07 bits per heavy atom. The van der Waals surface area contributed by atoms with Crippen LogP contribution in [-0.2, 0) is 10.0 Å². The maximum Gasteiger partial charge on any atom is 0.251 e. The highest BCUT2D eigenvalue weighted by molar-refractivity contribution is 7.89. The van der Waals surface area contributed by atoms with Gasteiger partial charge in [0, 0.05) is 5.56 Å². The molecule has 0 bridgehead atoms. The van der Waals surface area contributed by atoms with E-state index in [1.54, 1.807) is 6.07 Å². The van der Waals surface area contributed by atoms with Gasteiger partial charge in [-0.3, -0.25) is 4.79 Å². The molecule has 0 aliphatic heterocycles. The van der Waals surface area contributed by atoms with Crippen LogP contribution in [0.3, 0.4) is 0 Å². The van der Waals surface area contributed by atoms with E-state index < -0.39 is 10.0 Å². The molecule has 1 amide bonds. The van der Waals surface area contributed by atoms with Crippen molar-refractivity contribution < 1.29 is 13.2 Å². The fourth-order valence-corrected chi connectivity index (χ4v) is 3.99. The Hall–Kier alpha value is -3.14. The molecule has 1 atom stereocenters. The average Bonchev–Trinajstić information content (AvgIpc) is 2.72. The number of sulfonamides is 1. The number of hydrogen-bond acceptors (Lipinski definition) is 3. The standard InChI is InChI=1S/C22H20N2O3S/c1-3-14-23-28(26,27)19-11-6-10-18(15-19)22(25)24-16(2)20-13-7-9-17-8-4-5-12-21(17)20/h1,4-13,15-16,23H,14H2,2H3,(H,24,25). The molecule has 0 aromatic heterocycles. The maximum absolute atomic E-state index is 12.7. The highest BCUT2D eigenvalue weighted by atomic mass is 32.2. The van der Waals surface area contributed by atoms with Gasteiger partial charge in [0.15, 0.2) is 0 Å². The molecule has 142 valence electrons. The Balaban J connectivity index is 1.83. The molecule has 6 heteroatoms. The normalized spacial score (nSPS) is 12.3. The van der Waals surface area contributed by atoms with Crippen LogP contribution < -0.4 is 10.0 Å². The van der Waals surface area contributed by atoms with Gasteiger partial charge in [-0.1, -0.05) is 54.5 Å². The second-order valence-electron chi connectivity index (χ2n) is 6.32. The average molecular weight is 392 g/mol. The number of fused-ring (bicyclic) bond motifs is 1. The van der Waals surface area contributed by atoms with Crippen molar-refractivity contribution in [3.63, 3.8) is 0 Å². The summed E-state index contributed by atoms with van der Waals surface area (Å²) in [6.45, 7) is 1.78. The van der Waals surface area contributed by atoms with Crippen LogP contribution in [0.1, 0.15) is 28.9 Å². The van der Waals surface area contributed by atoms with Crippen LogP contribution >= 0.6 is 0 Å². The minimum absolute atomic E-state index is 0.00628. The van der Waals surface area contributed by atoms with Crippen molar-refractivity contribution in [3.05, 3.63) is 77.9 Å². The molecule has 0 heterocycles. The third kappa shape index (κ3) is 4.22. The summed E-state index contributed by atoms with van der Waals surface area (Å²) in [5, 5.41) is 5.09. The van der Waals surface area contributed by atoms with E-state index in [2.05, 4.69) is 16.0 Å². The molecule has 28 heavy (non-hydrogen) atoms. The zero-order valence-electron chi connectivity index (χ0n) is 15.3. The number of nitrogens with one attached hydrogen (secondary N) is 2. The topological polar surface area (TPSA) is 75.3 Å². The highest BCUT2D eigenvalue weighted by Gasteiger charge is 2.17. The van der Waals surface area contributed by atoms with Gasteiger partial charge in [-0.15, -0.1) is 6.42 Å². The number of benzene rings is 3. The second-order valence-corrected chi connectivity index (χ2v) is 8.09. The van der Waals surface area contributed by atoms with E-state index in [0.29, 0.717) is 0 Å². The molecule has 0 spiro atoms. The van der Waals surface area contributed by atoms with E-state index in [1.807, 2.05) is 49.4 Å². The van der Waals surface area contributed by atoms with E-state index >= 15 is 0 Å². The Kier molecular flexibility index (Phi) is 5.78. The summed E-state index contributed by atoms with van der Waals surface area (Å²) >= 11 is 0. The Labute approximate surface area is 164 Å². The van der Waals surface area contributed by atoms with Crippen LogP contribution in [0.5, 0.6) is 0 Å². The van der Waals surface area contributed by atoms with E-state index in [0.717, 1.165) is 16.3 Å². The third-order valence-electron chi connectivity index (χ3n) is 4.41. The summed E-state index contributed by atoms with van der Waals surface area (Å²) in [5.74, 6) is 1.87. The quantitative estimate of drug-likeness (QED) is 0.633. The number of carbonyl (C=O) groups excluding carboxylic acids is 1. The van der Waals surface area contributed by atoms with Crippen LogP contribution in [0.15, 0.2) is 71.6 Å². The molecule has 3 aromatic carbocycles. The van der Waals surface area contributed by atoms with Crippen LogP contribution in [0.25, 0.3) is 10.8 Å². The molecule has 0 radical (unpaired) electrons. The predicted octanol–water partition coefficient (Wildman–Crippen LogP) is 3.24. The van der Waals surface area contributed by atoms with E-state index in [1.165, 1.54) is 18.2 Å². The monoisotopic (exact) mass is 392 g/mol. The smallest absolute Gasteiger partial charge is 0.251 e. The lowest BCUT2D eigenvalue weighted by atomic mass is 9.99. The number of hydrogen-bond donors (Lipinski definition) is 2. The van der Waals surface area contributed by atoms with Crippen molar-refractivity contribution in [2.75, 3.05) is 6.54 Å². The van der Waals surface area contributed by atoms with Gasteiger partial charge in [-0.25, -0.2) is 8.42 Å². The second kappa shape index (κ2) is 8.26. The van der Waals surface area contributed by atoms with Crippen molar-refractivity contribution in [3.8, 4) is 12.3 Å². The largest absolute Gasteiger partial charge is 0.345 e.